The molecule has 146 valence electrons. The van der Waals surface area contributed by atoms with Crippen molar-refractivity contribution < 1.29 is 31.7 Å². The second-order valence-electron chi connectivity index (χ2n) is 5.78. The minimum atomic E-state index is -4.32. The summed E-state index contributed by atoms with van der Waals surface area (Å²) in [6.07, 6.45) is 1.53. The van der Waals surface area contributed by atoms with E-state index < -0.39 is 43.8 Å². The molecule has 0 amide bonds. The van der Waals surface area contributed by atoms with Crippen LogP contribution in [0.15, 0.2) is 41.3 Å². The summed E-state index contributed by atoms with van der Waals surface area (Å²) in [5.41, 5.74) is -0.794. The van der Waals surface area contributed by atoms with E-state index in [4.69, 9.17) is 0 Å². The maximum Gasteiger partial charge on any atom is 0.340 e. The molecule has 28 heavy (non-hydrogen) atoms. The van der Waals surface area contributed by atoms with Gasteiger partial charge in [-0.25, -0.2) is 22.0 Å². The number of rotatable bonds is 5. The summed E-state index contributed by atoms with van der Waals surface area (Å²) < 4.78 is 59.4. The van der Waals surface area contributed by atoms with Gasteiger partial charge in [-0.05, 0) is 42.3 Å². The molecule has 3 rings (SSSR count). The molecule has 11 heteroatoms. The van der Waals surface area contributed by atoms with E-state index in [-0.39, 0.29) is 17.0 Å². The van der Waals surface area contributed by atoms with Crippen LogP contribution in [-0.2, 0) is 21.2 Å². The van der Waals surface area contributed by atoms with Gasteiger partial charge >= 0.3 is 5.97 Å². The van der Waals surface area contributed by atoms with Crippen molar-refractivity contribution in [1.82, 2.24) is 0 Å². The largest absolute Gasteiger partial charge is 0.465 e. The van der Waals surface area contributed by atoms with Gasteiger partial charge in [0, 0.05) is 6.07 Å². The second-order valence-corrected chi connectivity index (χ2v) is 7.46. The summed E-state index contributed by atoms with van der Waals surface area (Å²) >= 11 is 0. The molecule has 0 saturated heterocycles. The lowest BCUT2D eigenvalue weighted by atomic mass is 10.1. The van der Waals surface area contributed by atoms with Crippen LogP contribution in [0.3, 0.4) is 0 Å². The van der Waals surface area contributed by atoms with E-state index in [1.165, 1.54) is 18.2 Å². The number of fused-ring (bicyclic) bond motifs is 1. The van der Waals surface area contributed by atoms with Gasteiger partial charge in [0.05, 0.1) is 33.7 Å². The molecule has 0 aliphatic heterocycles. The van der Waals surface area contributed by atoms with Crippen molar-refractivity contribution in [2.75, 3.05) is 11.8 Å². The Morgan fingerprint density at radius 2 is 1.93 bits per heavy atom. The topological polar surface area (TPSA) is 116 Å². The van der Waals surface area contributed by atoms with Gasteiger partial charge < -0.3 is 4.74 Å². The number of nitro groups is 1. The Morgan fingerprint density at radius 1 is 1.21 bits per heavy atom. The van der Waals surface area contributed by atoms with Crippen molar-refractivity contribution in [3.8, 4) is 0 Å². The summed E-state index contributed by atoms with van der Waals surface area (Å²) in [5.74, 6) is -3.46. The zero-order valence-electron chi connectivity index (χ0n) is 14.2. The van der Waals surface area contributed by atoms with Gasteiger partial charge in [0.2, 0.25) is 0 Å². The number of carbonyl (C=O) groups excluding carboxylic acids is 1. The average Bonchev–Trinajstić information content (AvgIpc) is 3.07. The van der Waals surface area contributed by atoms with Crippen LogP contribution in [0.1, 0.15) is 21.5 Å². The third-order valence-electron chi connectivity index (χ3n) is 4.08. The number of hydrogen-bond donors (Lipinski definition) is 1. The van der Waals surface area contributed by atoms with Crippen molar-refractivity contribution in [2.45, 2.75) is 11.3 Å². The smallest absolute Gasteiger partial charge is 0.340 e. The molecule has 0 aromatic heterocycles. The van der Waals surface area contributed by atoms with Gasteiger partial charge in [0.15, 0.2) is 0 Å². The highest BCUT2D eigenvalue weighted by Crippen LogP contribution is 2.30. The van der Waals surface area contributed by atoms with Crippen LogP contribution < -0.4 is 4.72 Å². The summed E-state index contributed by atoms with van der Waals surface area (Å²) in [7, 11) is -3.33. The third-order valence-corrected chi connectivity index (χ3v) is 5.44. The van der Waals surface area contributed by atoms with Gasteiger partial charge in [-0.2, -0.15) is 0 Å². The number of esters is 1. The first-order valence-corrected chi connectivity index (χ1v) is 9.20. The van der Waals surface area contributed by atoms with E-state index in [2.05, 4.69) is 4.74 Å². The van der Waals surface area contributed by atoms with Crippen LogP contribution in [0, 0.1) is 21.7 Å². The third kappa shape index (κ3) is 3.43. The number of allylic oxidation sites excluding steroid dienone is 1. The summed E-state index contributed by atoms with van der Waals surface area (Å²) in [6.45, 7) is 0. The highest BCUT2D eigenvalue weighted by atomic mass is 32.2. The Bertz CT molecular complexity index is 1140. The van der Waals surface area contributed by atoms with E-state index in [0.29, 0.717) is 23.3 Å². The van der Waals surface area contributed by atoms with E-state index in [0.717, 1.165) is 13.2 Å². The SMILES string of the molecule is COC(=O)c1cc(F)c(NS(=O)(=O)c2ccc3c(c2)CC=C3[N+](=O)[O-])cc1F. The van der Waals surface area contributed by atoms with Crippen molar-refractivity contribution in [3.63, 3.8) is 0 Å². The van der Waals surface area contributed by atoms with Crippen LogP contribution >= 0.6 is 0 Å². The normalized spacial score (nSPS) is 12.9. The van der Waals surface area contributed by atoms with Crippen LogP contribution in [0.25, 0.3) is 5.70 Å². The molecule has 2 aromatic rings. The molecule has 0 heterocycles. The molecule has 0 unspecified atom stereocenters. The number of halogens is 2. The van der Waals surface area contributed by atoms with Crippen LogP contribution in [0.2, 0.25) is 0 Å². The molecule has 0 fully saturated rings. The standard InChI is InChI=1S/C17H12F2N2O6S/c1-27-17(22)12-7-14(19)15(8-13(12)18)20-28(25,26)10-3-4-11-9(6-10)2-5-16(11)21(23)24/h3-8,20H,2H2,1H3. The molecule has 0 radical (unpaired) electrons. The molecule has 0 spiro atoms. The fourth-order valence-electron chi connectivity index (χ4n) is 2.74. The van der Waals surface area contributed by atoms with Crippen LogP contribution in [0.4, 0.5) is 14.5 Å². The van der Waals surface area contributed by atoms with E-state index in [1.54, 1.807) is 0 Å². The van der Waals surface area contributed by atoms with Crippen LogP contribution in [0.5, 0.6) is 0 Å². The first-order valence-electron chi connectivity index (χ1n) is 7.72. The van der Waals surface area contributed by atoms with Gasteiger partial charge in [-0.3, -0.25) is 14.8 Å². The lowest BCUT2D eigenvalue weighted by Gasteiger charge is -2.11. The monoisotopic (exact) mass is 410 g/mol. The number of nitrogens with zero attached hydrogens (tertiary/aromatic N) is 1. The molecule has 1 aliphatic rings. The maximum absolute atomic E-state index is 14.1. The first kappa shape index (κ1) is 19.4. The van der Waals surface area contributed by atoms with Gasteiger partial charge in [-0.15, -0.1) is 0 Å². The quantitative estimate of drug-likeness (QED) is 0.460. The lowest BCUT2D eigenvalue weighted by molar-refractivity contribution is -0.375. The summed E-state index contributed by atoms with van der Waals surface area (Å²) in [5, 5.41) is 11.0. The lowest BCUT2D eigenvalue weighted by Crippen LogP contribution is -2.15. The minimum absolute atomic E-state index is 0.126. The average molecular weight is 410 g/mol. The molecule has 2 aromatic carbocycles. The van der Waals surface area contributed by atoms with Crippen molar-refractivity contribution in [2.24, 2.45) is 0 Å². The molecule has 1 N–H and O–H groups in total. The molecule has 0 atom stereocenters. The predicted octanol–water partition coefficient (Wildman–Crippen LogP) is 2.73. The molecule has 0 bridgehead atoms. The number of methoxy groups -OCH3 is 1. The molecule has 8 nitrogen and oxygen atoms in total. The molecular formula is C17H12F2N2O6S. The Morgan fingerprint density at radius 3 is 2.57 bits per heavy atom. The van der Waals surface area contributed by atoms with Gasteiger partial charge in [0.25, 0.3) is 15.7 Å². The number of hydrogen-bond acceptors (Lipinski definition) is 6. The predicted molar refractivity (Wildman–Crippen MR) is 93.6 cm³/mol. The zero-order valence-corrected chi connectivity index (χ0v) is 15.0. The molecular weight excluding hydrogens is 398 g/mol. The maximum atomic E-state index is 14.1. The van der Waals surface area contributed by atoms with E-state index in [1.807, 2.05) is 4.72 Å². The molecule has 0 saturated carbocycles. The minimum Gasteiger partial charge on any atom is -0.465 e. The summed E-state index contributed by atoms with van der Waals surface area (Å²) in [4.78, 5) is 21.5. The number of benzene rings is 2. The first-order chi connectivity index (χ1) is 13.1. The summed E-state index contributed by atoms with van der Waals surface area (Å²) in [6, 6.07) is 4.68. The number of ether oxygens (including phenoxy) is 1. The van der Waals surface area contributed by atoms with Gasteiger partial charge in [-0.1, -0.05) is 0 Å². The number of sulfonamides is 1. The fourth-order valence-corrected chi connectivity index (χ4v) is 3.85. The van der Waals surface area contributed by atoms with Crippen molar-refractivity contribution >= 4 is 27.4 Å². The van der Waals surface area contributed by atoms with Crippen LogP contribution in [-0.4, -0.2) is 26.4 Å². The van der Waals surface area contributed by atoms with Crippen molar-refractivity contribution in [3.05, 3.63) is 74.8 Å². The Hall–Kier alpha value is -3.34. The Balaban J connectivity index is 1.93. The fraction of sp³-hybridized carbons (Fsp3) is 0.118. The number of nitrogens with one attached hydrogen (secondary N) is 1. The number of anilines is 1. The molecule has 1 aliphatic carbocycles. The van der Waals surface area contributed by atoms with E-state index >= 15 is 0 Å². The highest BCUT2D eigenvalue weighted by Gasteiger charge is 2.26. The number of carbonyl (C=O) groups is 1. The van der Waals surface area contributed by atoms with Gasteiger partial charge in [0.1, 0.15) is 11.6 Å². The Labute approximate surface area is 157 Å². The van der Waals surface area contributed by atoms with Crippen molar-refractivity contribution in [1.29, 1.82) is 0 Å². The second kappa shape index (κ2) is 7.00. The zero-order chi connectivity index (χ0) is 20.6. The highest BCUT2D eigenvalue weighted by molar-refractivity contribution is 7.92. The Kier molecular flexibility index (Phi) is 4.86. The van der Waals surface area contributed by atoms with E-state index in [9.17, 15) is 32.1 Å².